The molecule has 0 bridgehead atoms. The Kier molecular flexibility index (Phi) is 4.43. The normalized spacial score (nSPS) is 13.5. The molecule has 1 atom stereocenters. The fraction of sp³-hybridized carbons (Fsp3) is 0.143. The molecule has 0 fully saturated rings. The van der Waals surface area contributed by atoms with Gasteiger partial charge in [0.1, 0.15) is 0 Å². The lowest BCUT2D eigenvalue weighted by Crippen LogP contribution is -2.15. The fourth-order valence-electron chi connectivity index (χ4n) is 0.873. The Hall–Kier alpha value is 0.190. The second-order valence-corrected chi connectivity index (χ2v) is 10.4. The zero-order chi connectivity index (χ0) is 11.6. The lowest BCUT2D eigenvalue weighted by molar-refractivity contribution is -0.384. The average Bonchev–Trinajstić information content (AvgIpc) is 2.17. The second-order valence-electron chi connectivity index (χ2n) is 2.56. The predicted molar refractivity (Wildman–Crippen MR) is 71.7 cm³/mol. The molecule has 8 heteroatoms. The highest BCUT2D eigenvalue weighted by atomic mass is 127. The number of nitrogens with zero attached hydrogens (tertiary/aromatic N) is 1. The first-order valence-corrected chi connectivity index (χ1v) is 6.81. The fourth-order valence-corrected chi connectivity index (χ4v) is 1.92. The molecule has 5 nitrogen and oxygen atoms in total. The number of non-ortho nitro benzene ring substituents is 1. The zero-order valence-electron chi connectivity index (χ0n) is 7.05. The summed E-state index contributed by atoms with van der Waals surface area (Å²) in [6.45, 7) is 0. The summed E-state index contributed by atoms with van der Waals surface area (Å²) in [6.07, 6.45) is 0. The van der Waals surface area contributed by atoms with Gasteiger partial charge in [0.05, 0.1) is 4.92 Å². The smallest absolute Gasteiger partial charge is 0.269 e. The van der Waals surface area contributed by atoms with Crippen molar-refractivity contribution in [2.75, 3.05) is 0 Å². The molecule has 15 heavy (non-hydrogen) atoms. The van der Waals surface area contributed by atoms with Gasteiger partial charge in [-0.1, -0.05) is 0 Å². The van der Waals surface area contributed by atoms with E-state index in [1.54, 1.807) is 45.2 Å². The van der Waals surface area contributed by atoms with Gasteiger partial charge in [0.25, 0.3) is 5.69 Å². The summed E-state index contributed by atoms with van der Waals surface area (Å²) in [5.74, 6) is 0. The molecule has 0 heterocycles. The third-order valence-corrected chi connectivity index (χ3v) is 5.68. The van der Waals surface area contributed by atoms with E-state index in [1.165, 1.54) is 24.3 Å². The van der Waals surface area contributed by atoms with Gasteiger partial charge in [0.15, 0.2) is 0.760 Å². The Morgan fingerprint density at radius 2 is 1.73 bits per heavy atom. The molecular formula is C7H4I2NO4S-. The Balaban J connectivity index is 3.09. The van der Waals surface area contributed by atoms with Crippen molar-refractivity contribution in [1.29, 1.82) is 0 Å². The van der Waals surface area contributed by atoms with Crippen LogP contribution in [0.25, 0.3) is 0 Å². The maximum absolute atomic E-state index is 10.9. The molecule has 0 aliphatic carbocycles. The van der Waals surface area contributed by atoms with E-state index in [2.05, 4.69) is 0 Å². The molecule has 0 radical (unpaired) electrons. The predicted octanol–water partition coefficient (Wildman–Crippen LogP) is 2.45. The number of nitro groups is 1. The summed E-state index contributed by atoms with van der Waals surface area (Å²) in [5.41, 5.74) is 0.446. The first kappa shape index (κ1) is 13.3. The monoisotopic (exact) mass is 452 g/mol. The first-order chi connectivity index (χ1) is 6.85. The minimum Gasteiger partial charge on any atom is -0.770 e. The number of nitro benzene ring substituents is 1. The Bertz CT molecular complexity index is 406. The van der Waals surface area contributed by atoms with E-state index in [-0.39, 0.29) is 5.69 Å². The minimum absolute atomic E-state index is 0.0565. The van der Waals surface area contributed by atoms with Crippen molar-refractivity contribution in [3.8, 4) is 0 Å². The number of hydrogen-bond acceptors (Lipinski definition) is 4. The van der Waals surface area contributed by atoms with Crippen LogP contribution in [0.2, 0.25) is 0 Å². The van der Waals surface area contributed by atoms with Gasteiger partial charge < -0.3 is 4.55 Å². The Morgan fingerprint density at radius 1 is 1.27 bits per heavy atom. The summed E-state index contributed by atoms with van der Waals surface area (Å²) in [4.78, 5) is 9.85. The molecule has 82 valence electrons. The van der Waals surface area contributed by atoms with Crippen molar-refractivity contribution in [2.24, 2.45) is 0 Å². The van der Waals surface area contributed by atoms with Gasteiger partial charge in [-0.25, -0.2) is 0 Å². The molecule has 0 saturated heterocycles. The molecule has 0 aliphatic heterocycles. The number of hydrogen-bond donors (Lipinski definition) is 0. The van der Waals surface area contributed by atoms with Crippen molar-refractivity contribution >= 4 is 61.9 Å². The van der Waals surface area contributed by atoms with E-state index in [1.807, 2.05) is 0 Å². The van der Waals surface area contributed by atoms with E-state index in [4.69, 9.17) is 0 Å². The summed E-state index contributed by atoms with van der Waals surface area (Å²) < 4.78 is 20.7. The molecule has 0 aliphatic rings. The molecular weight excluding hydrogens is 448 g/mol. The summed E-state index contributed by atoms with van der Waals surface area (Å²) in [5, 5.41) is 10.4. The maximum atomic E-state index is 10.9. The SMILES string of the molecule is O=[N+]([O-])c1ccc(C(I)(I)S(=O)[O-])cc1. The van der Waals surface area contributed by atoms with Crippen molar-refractivity contribution in [2.45, 2.75) is 0.760 Å². The summed E-state index contributed by atoms with van der Waals surface area (Å²) in [6, 6.07) is 5.45. The van der Waals surface area contributed by atoms with Crippen molar-refractivity contribution in [1.82, 2.24) is 0 Å². The van der Waals surface area contributed by atoms with Crippen molar-refractivity contribution < 1.29 is 13.7 Å². The van der Waals surface area contributed by atoms with Crippen LogP contribution in [-0.4, -0.2) is 13.7 Å². The standard InChI is InChI=1S/C7H5I2NO4S/c8-7(9,15(13)14)5-1-3-6(4-2-5)10(11)12/h1-4H,(H,13,14)/p-1. The topological polar surface area (TPSA) is 83.3 Å². The van der Waals surface area contributed by atoms with Gasteiger partial charge in [-0.15, -0.1) is 0 Å². The third kappa shape index (κ3) is 3.07. The lowest BCUT2D eigenvalue weighted by atomic mass is 10.2. The van der Waals surface area contributed by atoms with Crippen molar-refractivity contribution in [3.05, 3.63) is 39.9 Å². The van der Waals surface area contributed by atoms with Crippen LogP contribution < -0.4 is 0 Å². The molecule has 1 aromatic rings. The molecule has 0 spiro atoms. The van der Waals surface area contributed by atoms with Crippen molar-refractivity contribution in [3.63, 3.8) is 0 Å². The largest absolute Gasteiger partial charge is 0.770 e. The van der Waals surface area contributed by atoms with Gasteiger partial charge in [-0.3, -0.25) is 14.3 Å². The third-order valence-electron chi connectivity index (χ3n) is 1.62. The minimum atomic E-state index is -2.29. The van der Waals surface area contributed by atoms with Gasteiger partial charge in [-0.05, 0) is 74.0 Å². The van der Waals surface area contributed by atoms with E-state index in [9.17, 15) is 18.9 Å². The average molecular weight is 452 g/mol. The highest BCUT2D eigenvalue weighted by molar-refractivity contribution is 14.2. The number of rotatable bonds is 3. The van der Waals surface area contributed by atoms with Crippen LogP contribution in [0.5, 0.6) is 0 Å². The second kappa shape index (κ2) is 5.01. The highest BCUT2D eigenvalue weighted by Crippen LogP contribution is 2.42. The van der Waals surface area contributed by atoms with Gasteiger partial charge in [0, 0.05) is 12.1 Å². The van der Waals surface area contributed by atoms with E-state index >= 15 is 0 Å². The van der Waals surface area contributed by atoms with Crippen LogP contribution >= 0.6 is 45.2 Å². The van der Waals surface area contributed by atoms with Crippen LogP contribution in [0, 0.1) is 10.1 Å². The maximum Gasteiger partial charge on any atom is 0.269 e. The molecule has 1 aromatic carbocycles. The summed E-state index contributed by atoms with van der Waals surface area (Å²) in [7, 11) is 0. The van der Waals surface area contributed by atoms with Gasteiger partial charge in [-0.2, -0.15) is 0 Å². The Morgan fingerprint density at radius 3 is 2.07 bits per heavy atom. The van der Waals surface area contributed by atoms with Crippen LogP contribution in [0.3, 0.4) is 0 Å². The van der Waals surface area contributed by atoms with E-state index < -0.39 is 16.8 Å². The molecule has 1 rings (SSSR count). The summed E-state index contributed by atoms with van der Waals surface area (Å²) >= 11 is 1.24. The molecule has 0 saturated carbocycles. The lowest BCUT2D eigenvalue weighted by Gasteiger charge is -2.23. The van der Waals surface area contributed by atoms with Crippen LogP contribution in [0.1, 0.15) is 5.56 Å². The first-order valence-electron chi connectivity index (χ1n) is 3.58. The van der Waals surface area contributed by atoms with E-state index in [0.29, 0.717) is 5.56 Å². The van der Waals surface area contributed by atoms with Crippen LogP contribution in [-0.2, 0) is 11.8 Å². The quantitative estimate of drug-likeness (QED) is 0.232. The van der Waals surface area contributed by atoms with Crippen LogP contribution in [0.15, 0.2) is 24.3 Å². The van der Waals surface area contributed by atoms with E-state index in [0.717, 1.165) is 0 Å². The number of alkyl halides is 2. The van der Waals surface area contributed by atoms with Gasteiger partial charge >= 0.3 is 0 Å². The molecule has 0 amide bonds. The van der Waals surface area contributed by atoms with Gasteiger partial charge in [0.2, 0.25) is 0 Å². The Labute approximate surface area is 115 Å². The molecule has 0 N–H and O–H groups in total. The highest BCUT2D eigenvalue weighted by Gasteiger charge is 2.26. The zero-order valence-corrected chi connectivity index (χ0v) is 12.2. The molecule has 0 aromatic heterocycles. The number of benzene rings is 1. The van der Waals surface area contributed by atoms with Crippen LogP contribution in [0.4, 0.5) is 5.69 Å². The number of halogens is 2. The molecule has 1 unspecified atom stereocenters.